The SMILES string of the molecule is CC(O)Nc1ccc2nc(-c3ccc(Cl)cc3)n(-c3ccccc3)c2c1. The molecule has 5 heteroatoms. The van der Waals surface area contributed by atoms with Crippen LogP contribution in [0, 0.1) is 0 Å². The number of nitrogens with zero attached hydrogens (tertiary/aromatic N) is 2. The number of nitrogens with one attached hydrogen (secondary N) is 1. The topological polar surface area (TPSA) is 50.1 Å². The van der Waals surface area contributed by atoms with Crippen LogP contribution in [0.25, 0.3) is 28.1 Å². The number of halogens is 1. The number of hydrogen-bond donors (Lipinski definition) is 2. The second-order valence-electron chi connectivity index (χ2n) is 6.14. The average molecular weight is 364 g/mol. The lowest BCUT2D eigenvalue weighted by Gasteiger charge is -2.12. The number of anilines is 1. The maximum absolute atomic E-state index is 9.63. The number of aliphatic hydroxyl groups excluding tert-OH is 1. The van der Waals surface area contributed by atoms with Crippen molar-refractivity contribution >= 4 is 28.3 Å². The molecule has 0 amide bonds. The van der Waals surface area contributed by atoms with Crippen molar-refractivity contribution in [2.75, 3.05) is 5.32 Å². The lowest BCUT2D eigenvalue weighted by atomic mass is 10.2. The molecule has 1 aromatic heterocycles. The van der Waals surface area contributed by atoms with E-state index in [0.717, 1.165) is 33.8 Å². The van der Waals surface area contributed by atoms with Gasteiger partial charge in [-0.15, -0.1) is 0 Å². The molecule has 1 atom stereocenters. The van der Waals surface area contributed by atoms with E-state index in [-0.39, 0.29) is 0 Å². The average Bonchev–Trinajstić information content (AvgIpc) is 3.01. The third-order valence-electron chi connectivity index (χ3n) is 4.15. The van der Waals surface area contributed by atoms with E-state index in [0.29, 0.717) is 5.02 Å². The summed E-state index contributed by atoms with van der Waals surface area (Å²) in [6.07, 6.45) is -0.628. The Hall–Kier alpha value is -2.82. The van der Waals surface area contributed by atoms with E-state index in [9.17, 15) is 5.11 Å². The van der Waals surface area contributed by atoms with Crippen molar-refractivity contribution in [3.63, 3.8) is 0 Å². The lowest BCUT2D eigenvalue weighted by molar-refractivity contribution is 0.224. The molecule has 3 aromatic carbocycles. The van der Waals surface area contributed by atoms with Crippen LogP contribution in [-0.2, 0) is 0 Å². The Morgan fingerprint density at radius 2 is 1.73 bits per heavy atom. The van der Waals surface area contributed by atoms with Crippen LogP contribution in [0.2, 0.25) is 5.02 Å². The number of rotatable bonds is 4. The molecule has 0 aliphatic rings. The highest BCUT2D eigenvalue weighted by atomic mass is 35.5. The van der Waals surface area contributed by atoms with Gasteiger partial charge < -0.3 is 10.4 Å². The first-order valence-electron chi connectivity index (χ1n) is 8.40. The van der Waals surface area contributed by atoms with Gasteiger partial charge in [0.1, 0.15) is 12.1 Å². The number of fused-ring (bicyclic) bond motifs is 1. The molecule has 0 spiro atoms. The van der Waals surface area contributed by atoms with Crippen LogP contribution in [0.3, 0.4) is 0 Å². The highest BCUT2D eigenvalue weighted by Gasteiger charge is 2.15. The van der Waals surface area contributed by atoms with Gasteiger partial charge in [-0.3, -0.25) is 4.57 Å². The van der Waals surface area contributed by atoms with E-state index in [2.05, 4.69) is 22.0 Å². The summed E-state index contributed by atoms with van der Waals surface area (Å²) in [7, 11) is 0. The summed E-state index contributed by atoms with van der Waals surface area (Å²) in [6, 6.07) is 23.7. The molecule has 1 heterocycles. The maximum Gasteiger partial charge on any atom is 0.145 e. The van der Waals surface area contributed by atoms with Gasteiger partial charge in [0.05, 0.1) is 11.0 Å². The molecule has 4 rings (SSSR count). The number of benzene rings is 3. The van der Waals surface area contributed by atoms with Crippen molar-refractivity contribution in [3.8, 4) is 17.1 Å². The van der Waals surface area contributed by atoms with Gasteiger partial charge >= 0.3 is 0 Å². The first-order valence-corrected chi connectivity index (χ1v) is 8.78. The first-order chi connectivity index (χ1) is 12.6. The number of aromatic nitrogens is 2. The van der Waals surface area contributed by atoms with Crippen LogP contribution < -0.4 is 5.32 Å². The molecule has 0 aliphatic heterocycles. The fourth-order valence-electron chi connectivity index (χ4n) is 3.04. The third-order valence-corrected chi connectivity index (χ3v) is 4.40. The molecule has 26 heavy (non-hydrogen) atoms. The van der Waals surface area contributed by atoms with Crippen LogP contribution in [0.5, 0.6) is 0 Å². The molecule has 0 bridgehead atoms. The molecule has 4 aromatic rings. The normalized spacial score (nSPS) is 12.3. The summed E-state index contributed by atoms with van der Waals surface area (Å²) < 4.78 is 2.12. The summed E-state index contributed by atoms with van der Waals surface area (Å²) in [5, 5.41) is 13.4. The van der Waals surface area contributed by atoms with Gasteiger partial charge in [-0.05, 0) is 61.5 Å². The van der Waals surface area contributed by atoms with E-state index in [4.69, 9.17) is 16.6 Å². The highest BCUT2D eigenvalue weighted by Crippen LogP contribution is 2.30. The Morgan fingerprint density at radius 1 is 1.00 bits per heavy atom. The number of hydrogen-bond acceptors (Lipinski definition) is 3. The van der Waals surface area contributed by atoms with Gasteiger partial charge in [0.15, 0.2) is 0 Å². The van der Waals surface area contributed by atoms with E-state index in [1.54, 1.807) is 6.92 Å². The van der Waals surface area contributed by atoms with Crippen LogP contribution in [0.15, 0.2) is 72.8 Å². The molecule has 0 saturated heterocycles. The van der Waals surface area contributed by atoms with Crippen LogP contribution in [0.1, 0.15) is 6.92 Å². The Morgan fingerprint density at radius 3 is 2.42 bits per heavy atom. The van der Waals surface area contributed by atoms with Crippen LogP contribution in [-0.4, -0.2) is 20.9 Å². The van der Waals surface area contributed by atoms with Crippen molar-refractivity contribution in [2.24, 2.45) is 0 Å². The van der Waals surface area contributed by atoms with E-state index >= 15 is 0 Å². The second-order valence-corrected chi connectivity index (χ2v) is 6.57. The highest BCUT2D eigenvalue weighted by molar-refractivity contribution is 6.30. The Balaban J connectivity index is 1.97. The van der Waals surface area contributed by atoms with Gasteiger partial charge in [0.25, 0.3) is 0 Å². The van der Waals surface area contributed by atoms with Crippen molar-refractivity contribution in [3.05, 3.63) is 77.8 Å². The first kappa shape index (κ1) is 16.6. The van der Waals surface area contributed by atoms with E-state index in [1.807, 2.05) is 60.7 Å². The second kappa shape index (κ2) is 6.83. The van der Waals surface area contributed by atoms with Crippen LogP contribution >= 0.6 is 11.6 Å². The summed E-state index contributed by atoms with van der Waals surface area (Å²) in [6.45, 7) is 1.69. The van der Waals surface area contributed by atoms with Gasteiger partial charge in [0.2, 0.25) is 0 Å². The Bertz CT molecular complexity index is 1040. The zero-order valence-electron chi connectivity index (χ0n) is 14.2. The van der Waals surface area contributed by atoms with Crippen molar-refractivity contribution < 1.29 is 5.11 Å². The zero-order valence-corrected chi connectivity index (χ0v) is 15.0. The van der Waals surface area contributed by atoms with Gasteiger partial charge in [-0.1, -0.05) is 29.8 Å². The Labute approximate surface area is 156 Å². The summed E-state index contributed by atoms with van der Waals surface area (Å²) in [5.74, 6) is 0.845. The standard InChI is InChI=1S/C21H18ClN3O/c1-14(26)23-17-11-12-19-20(13-17)25(18-5-3-2-4-6-18)21(24-19)15-7-9-16(22)10-8-15/h2-14,23,26H,1H3. The van der Waals surface area contributed by atoms with Crippen molar-refractivity contribution in [1.82, 2.24) is 9.55 Å². The molecule has 0 saturated carbocycles. The van der Waals surface area contributed by atoms with Gasteiger partial charge in [0, 0.05) is 22.0 Å². The maximum atomic E-state index is 9.63. The summed E-state index contributed by atoms with van der Waals surface area (Å²) >= 11 is 6.04. The predicted octanol–water partition coefficient (Wildman–Crippen LogP) is 5.10. The van der Waals surface area contributed by atoms with Crippen molar-refractivity contribution in [2.45, 2.75) is 13.2 Å². The summed E-state index contributed by atoms with van der Waals surface area (Å²) in [4.78, 5) is 4.84. The third kappa shape index (κ3) is 3.17. The minimum atomic E-state index is -0.628. The monoisotopic (exact) mass is 363 g/mol. The number of imidazole rings is 1. The fraction of sp³-hybridized carbons (Fsp3) is 0.0952. The minimum Gasteiger partial charge on any atom is -0.374 e. The quantitative estimate of drug-likeness (QED) is 0.496. The Kier molecular flexibility index (Phi) is 4.37. The molecule has 0 aliphatic carbocycles. The van der Waals surface area contributed by atoms with Crippen LogP contribution in [0.4, 0.5) is 5.69 Å². The predicted molar refractivity (Wildman–Crippen MR) is 107 cm³/mol. The van der Waals surface area contributed by atoms with E-state index in [1.165, 1.54) is 0 Å². The molecule has 2 N–H and O–H groups in total. The van der Waals surface area contributed by atoms with Gasteiger partial charge in [-0.2, -0.15) is 0 Å². The molecule has 130 valence electrons. The minimum absolute atomic E-state index is 0.628. The lowest BCUT2D eigenvalue weighted by Crippen LogP contribution is -2.13. The molecule has 0 fully saturated rings. The number of aliphatic hydroxyl groups is 1. The largest absolute Gasteiger partial charge is 0.374 e. The number of para-hydroxylation sites is 1. The molecule has 0 radical (unpaired) electrons. The summed E-state index contributed by atoms with van der Waals surface area (Å²) in [5.41, 5.74) is 4.70. The molecule has 1 unspecified atom stereocenters. The van der Waals surface area contributed by atoms with E-state index < -0.39 is 6.23 Å². The van der Waals surface area contributed by atoms with Gasteiger partial charge in [-0.25, -0.2) is 4.98 Å². The molecular formula is C21H18ClN3O. The van der Waals surface area contributed by atoms with Crippen molar-refractivity contribution in [1.29, 1.82) is 0 Å². The molecule has 4 nitrogen and oxygen atoms in total. The molecular weight excluding hydrogens is 346 g/mol. The fourth-order valence-corrected chi connectivity index (χ4v) is 3.16. The zero-order chi connectivity index (χ0) is 18.1. The smallest absolute Gasteiger partial charge is 0.145 e.